The number of anilines is 1. The first-order chi connectivity index (χ1) is 9.76. The van der Waals surface area contributed by atoms with Gasteiger partial charge in [0.1, 0.15) is 0 Å². The van der Waals surface area contributed by atoms with Crippen LogP contribution in [0, 0.1) is 6.92 Å². The van der Waals surface area contributed by atoms with E-state index in [1.54, 1.807) is 14.2 Å². The first kappa shape index (κ1) is 17.0. The Morgan fingerprint density at radius 3 is 2.55 bits per heavy atom. The molecule has 0 aliphatic heterocycles. The molecule has 0 atom stereocenters. The Labute approximate surface area is 123 Å². The van der Waals surface area contributed by atoms with Crippen molar-refractivity contribution in [2.75, 3.05) is 58.9 Å². The minimum Gasteiger partial charge on any atom is -0.385 e. The molecule has 0 bridgehead atoms. The second kappa shape index (κ2) is 10.7. The van der Waals surface area contributed by atoms with Crippen molar-refractivity contribution in [3.05, 3.63) is 29.8 Å². The Bertz CT molecular complexity index is 358. The number of ether oxygens (including phenoxy) is 2. The van der Waals surface area contributed by atoms with E-state index in [0.717, 1.165) is 45.8 Å². The van der Waals surface area contributed by atoms with Crippen molar-refractivity contribution in [2.24, 2.45) is 0 Å². The zero-order chi connectivity index (χ0) is 14.6. The number of hydrogen-bond acceptors (Lipinski definition) is 4. The second-order valence-electron chi connectivity index (χ2n) is 4.98. The van der Waals surface area contributed by atoms with Crippen LogP contribution in [0.5, 0.6) is 0 Å². The van der Waals surface area contributed by atoms with Gasteiger partial charge in [0.15, 0.2) is 0 Å². The van der Waals surface area contributed by atoms with Gasteiger partial charge in [0.2, 0.25) is 0 Å². The molecule has 1 aromatic carbocycles. The van der Waals surface area contributed by atoms with Gasteiger partial charge in [0.05, 0.1) is 6.61 Å². The van der Waals surface area contributed by atoms with E-state index >= 15 is 0 Å². The van der Waals surface area contributed by atoms with Crippen molar-refractivity contribution in [1.82, 2.24) is 4.90 Å². The Kier molecular flexibility index (Phi) is 9.04. The smallest absolute Gasteiger partial charge is 0.0589 e. The van der Waals surface area contributed by atoms with Crippen molar-refractivity contribution in [2.45, 2.75) is 13.3 Å². The lowest BCUT2D eigenvalue weighted by Gasteiger charge is -2.22. The lowest BCUT2D eigenvalue weighted by Crippen LogP contribution is -2.33. The molecule has 1 rings (SSSR count). The minimum atomic E-state index is 0.775. The summed E-state index contributed by atoms with van der Waals surface area (Å²) in [6.45, 7) is 7.68. The van der Waals surface area contributed by atoms with Crippen LogP contribution in [0.1, 0.15) is 12.0 Å². The largest absolute Gasteiger partial charge is 0.385 e. The van der Waals surface area contributed by atoms with Gasteiger partial charge in [-0.3, -0.25) is 4.90 Å². The third kappa shape index (κ3) is 7.48. The quantitative estimate of drug-likeness (QED) is 0.631. The average molecular weight is 280 g/mol. The van der Waals surface area contributed by atoms with Crippen molar-refractivity contribution in [3.8, 4) is 0 Å². The van der Waals surface area contributed by atoms with Gasteiger partial charge in [0.25, 0.3) is 0 Å². The number of methoxy groups -OCH3 is 2. The van der Waals surface area contributed by atoms with Crippen LogP contribution < -0.4 is 5.32 Å². The fourth-order valence-corrected chi connectivity index (χ4v) is 2.10. The fourth-order valence-electron chi connectivity index (χ4n) is 2.10. The van der Waals surface area contributed by atoms with E-state index < -0.39 is 0 Å². The average Bonchev–Trinajstić information content (AvgIpc) is 2.44. The number of aryl methyl sites for hydroxylation is 1. The zero-order valence-electron chi connectivity index (χ0n) is 13.0. The topological polar surface area (TPSA) is 33.7 Å². The highest BCUT2D eigenvalue weighted by atomic mass is 16.5. The molecule has 0 fully saturated rings. The molecule has 114 valence electrons. The predicted octanol–water partition coefficient (Wildman–Crippen LogP) is 2.39. The van der Waals surface area contributed by atoms with Crippen molar-refractivity contribution < 1.29 is 9.47 Å². The summed E-state index contributed by atoms with van der Waals surface area (Å²) in [7, 11) is 3.50. The van der Waals surface area contributed by atoms with Crippen LogP contribution in [0.3, 0.4) is 0 Å². The molecule has 0 aliphatic carbocycles. The van der Waals surface area contributed by atoms with Crippen LogP contribution in [-0.2, 0) is 9.47 Å². The number of nitrogens with one attached hydrogen (secondary N) is 1. The van der Waals surface area contributed by atoms with Gasteiger partial charge in [-0.1, -0.05) is 12.1 Å². The molecule has 0 saturated carbocycles. The van der Waals surface area contributed by atoms with Gasteiger partial charge in [0, 0.05) is 52.7 Å². The van der Waals surface area contributed by atoms with Crippen LogP contribution in [0.15, 0.2) is 24.3 Å². The maximum atomic E-state index is 5.17. The monoisotopic (exact) mass is 280 g/mol. The van der Waals surface area contributed by atoms with Gasteiger partial charge >= 0.3 is 0 Å². The summed E-state index contributed by atoms with van der Waals surface area (Å²) in [6.07, 6.45) is 1.06. The molecule has 0 spiro atoms. The number of nitrogens with zero attached hydrogens (tertiary/aromatic N) is 1. The van der Waals surface area contributed by atoms with E-state index in [4.69, 9.17) is 9.47 Å². The van der Waals surface area contributed by atoms with E-state index in [2.05, 4.69) is 41.4 Å². The van der Waals surface area contributed by atoms with E-state index in [0.29, 0.717) is 0 Å². The van der Waals surface area contributed by atoms with E-state index in [1.807, 2.05) is 0 Å². The molecular formula is C16H28N2O2. The fraction of sp³-hybridized carbons (Fsp3) is 0.625. The summed E-state index contributed by atoms with van der Waals surface area (Å²) in [5.41, 5.74) is 2.47. The molecule has 0 aliphatic rings. The van der Waals surface area contributed by atoms with Crippen molar-refractivity contribution in [3.63, 3.8) is 0 Å². The maximum absolute atomic E-state index is 5.17. The Morgan fingerprint density at radius 2 is 1.85 bits per heavy atom. The maximum Gasteiger partial charge on any atom is 0.0589 e. The summed E-state index contributed by atoms with van der Waals surface area (Å²) in [4.78, 5) is 2.41. The minimum absolute atomic E-state index is 0.775. The summed E-state index contributed by atoms with van der Waals surface area (Å²) in [5.74, 6) is 0. The van der Waals surface area contributed by atoms with Crippen molar-refractivity contribution in [1.29, 1.82) is 0 Å². The molecular weight excluding hydrogens is 252 g/mol. The van der Waals surface area contributed by atoms with E-state index in [9.17, 15) is 0 Å². The number of hydrogen-bond donors (Lipinski definition) is 1. The highest BCUT2D eigenvalue weighted by Gasteiger charge is 2.04. The molecule has 4 nitrogen and oxygen atoms in total. The molecule has 0 saturated heterocycles. The molecule has 1 N–H and O–H groups in total. The SMILES string of the molecule is COCCCN(CCNc1cccc(C)c1)CCOC. The van der Waals surface area contributed by atoms with Crippen LogP contribution in [-0.4, -0.2) is 58.5 Å². The molecule has 4 heteroatoms. The number of benzene rings is 1. The zero-order valence-corrected chi connectivity index (χ0v) is 13.0. The first-order valence-electron chi connectivity index (χ1n) is 7.27. The molecule has 1 aromatic rings. The summed E-state index contributed by atoms with van der Waals surface area (Å²) < 4.78 is 10.3. The third-order valence-corrected chi connectivity index (χ3v) is 3.21. The van der Waals surface area contributed by atoms with E-state index in [-0.39, 0.29) is 0 Å². The van der Waals surface area contributed by atoms with Crippen LogP contribution in [0.4, 0.5) is 5.69 Å². The summed E-state index contributed by atoms with van der Waals surface area (Å²) in [6, 6.07) is 8.47. The van der Waals surface area contributed by atoms with Crippen LogP contribution in [0.25, 0.3) is 0 Å². The van der Waals surface area contributed by atoms with Crippen LogP contribution >= 0.6 is 0 Å². The molecule has 0 amide bonds. The van der Waals surface area contributed by atoms with E-state index in [1.165, 1.54) is 11.3 Å². The lowest BCUT2D eigenvalue weighted by molar-refractivity contribution is 0.135. The molecule has 0 radical (unpaired) electrons. The van der Waals surface area contributed by atoms with Gasteiger partial charge in [-0.05, 0) is 31.0 Å². The first-order valence-corrected chi connectivity index (χ1v) is 7.27. The highest BCUT2D eigenvalue weighted by Crippen LogP contribution is 2.08. The Morgan fingerprint density at radius 1 is 1.05 bits per heavy atom. The Hall–Kier alpha value is -1.10. The number of rotatable bonds is 11. The highest BCUT2D eigenvalue weighted by molar-refractivity contribution is 5.45. The normalized spacial score (nSPS) is 11.0. The second-order valence-corrected chi connectivity index (χ2v) is 4.98. The molecule has 0 aromatic heterocycles. The van der Waals surface area contributed by atoms with Crippen LogP contribution in [0.2, 0.25) is 0 Å². The van der Waals surface area contributed by atoms with Gasteiger partial charge < -0.3 is 14.8 Å². The van der Waals surface area contributed by atoms with Gasteiger partial charge in [-0.25, -0.2) is 0 Å². The third-order valence-electron chi connectivity index (χ3n) is 3.21. The standard InChI is InChI=1S/C16H28N2O2/c1-15-6-4-7-16(14-15)17-8-10-18(11-13-20-3)9-5-12-19-2/h4,6-7,14,17H,5,8-13H2,1-3H3. The summed E-state index contributed by atoms with van der Waals surface area (Å²) in [5, 5.41) is 3.47. The molecule has 20 heavy (non-hydrogen) atoms. The summed E-state index contributed by atoms with van der Waals surface area (Å²) >= 11 is 0. The molecule has 0 unspecified atom stereocenters. The van der Waals surface area contributed by atoms with Gasteiger partial charge in [-0.2, -0.15) is 0 Å². The molecule has 0 heterocycles. The van der Waals surface area contributed by atoms with Crippen molar-refractivity contribution >= 4 is 5.69 Å². The van der Waals surface area contributed by atoms with Gasteiger partial charge in [-0.15, -0.1) is 0 Å². The predicted molar refractivity (Wildman–Crippen MR) is 84.5 cm³/mol. The Balaban J connectivity index is 2.29. The lowest BCUT2D eigenvalue weighted by atomic mass is 10.2.